The molecule has 0 aliphatic rings. The average Bonchev–Trinajstić information content (AvgIpc) is 2.96. The molecule has 0 radical (unpaired) electrons. The number of rotatable bonds is 7. The lowest BCUT2D eigenvalue weighted by atomic mass is 10.1. The van der Waals surface area contributed by atoms with Crippen molar-refractivity contribution in [3.8, 4) is 11.6 Å². The van der Waals surface area contributed by atoms with Crippen molar-refractivity contribution in [2.45, 2.75) is 46.6 Å². The number of hydrogen-bond acceptors (Lipinski definition) is 5. The highest BCUT2D eigenvalue weighted by Crippen LogP contribution is 2.21. The van der Waals surface area contributed by atoms with Crippen LogP contribution in [-0.4, -0.2) is 29.7 Å². The maximum atomic E-state index is 13.2. The molecule has 0 unspecified atom stereocenters. The Morgan fingerprint density at radius 1 is 1.13 bits per heavy atom. The lowest BCUT2D eigenvalue weighted by molar-refractivity contribution is 0.394. The molecule has 1 aromatic carbocycles. The number of H-pyrrole nitrogens is 1. The van der Waals surface area contributed by atoms with E-state index in [0.29, 0.717) is 17.8 Å². The molecule has 3 rings (SSSR count). The highest BCUT2D eigenvalue weighted by Gasteiger charge is 2.21. The summed E-state index contributed by atoms with van der Waals surface area (Å²) in [5.41, 5.74) is -0.130. The second-order valence-corrected chi connectivity index (χ2v) is 7.29. The van der Waals surface area contributed by atoms with Crippen molar-refractivity contribution < 1.29 is 5.11 Å². The molecule has 0 aliphatic carbocycles. The van der Waals surface area contributed by atoms with Crippen LogP contribution in [0, 0.1) is 6.92 Å². The lowest BCUT2D eigenvalue weighted by Crippen LogP contribution is -2.34. The van der Waals surface area contributed by atoms with Gasteiger partial charge in [-0.05, 0) is 31.9 Å². The Morgan fingerprint density at radius 2 is 1.81 bits per heavy atom. The Balaban J connectivity index is 2.22. The number of aromatic hydroxyl groups is 1. The monoisotopic (exact) mass is 425 g/mol. The Hall–Kier alpha value is -3.62. The quantitative estimate of drug-likeness (QED) is 0.566. The van der Waals surface area contributed by atoms with Crippen LogP contribution in [0.5, 0.6) is 5.88 Å². The number of hydrogen-bond donors (Lipinski definition) is 2. The highest BCUT2D eigenvalue weighted by molar-refractivity contribution is 6.03. The van der Waals surface area contributed by atoms with Crippen LogP contribution in [0.1, 0.15) is 44.4 Å². The number of aromatic amines is 1. The van der Waals surface area contributed by atoms with Crippen molar-refractivity contribution in [2.75, 3.05) is 0 Å². The summed E-state index contributed by atoms with van der Waals surface area (Å²) >= 11 is 0. The van der Waals surface area contributed by atoms with Crippen molar-refractivity contribution >= 4 is 11.4 Å². The summed E-state index contributed by atoms with van der Waals surface area (Å²) in [6.45, 7) is 5.77. The Kier molecular flexibility index (Phi) is 6.43. The molecule has 0 saturated carbocycles. The molecule has 164 valence electrons. The minimum atomic E-state index is -0.729. The maximum Gasteiger partial charge on any atom is 0.331 e. The molecule has 0 atom stereocenters. The molecule has 0 amide bonds. The summed E-state index contributed by atoms with van der Waals surface area (Å²) < 4.78 is 4.31. The van der Waals surface area contributed by atoms with Crippen molar-refractivity contribution in [3.05, 3.63) is 72.8 Å². The molecule has 0 aliphatic heterocycles. The van der Waals surface area contributed by atoms with E-state index in [1.54, 1.807) is 25.6 Å². The molecule has 0 spiro atoms. The Labute approximate surface area is 178 Å². The zero-order chi connectivity index (χ0) is 22.7. The predicted molar refractivity (Wildman–Crippen MR) is 120 cm³/mol. The highest BCUT2D eigenvalue weighted by atomic mass is 16.3. The van der Waals surface area contributed by atoms with E-state index < -0.39 is 17.1 Å². The van der Waals surface area contributed by atoms with E-state index in [9.17, 15) is 19.5 Å². The second-order valence-electron chi connectivity index (χ2n) is 7.29. The van der Waals surface area contributed by atoms with Gasteiger partial charge in [-0.2, -0.15) is 0 Å². The SMILES string of the molecule is CCCCn1c(O)c(C(CC)=Nc2c(C)n(C)n(-c3ccccc3)c2=O)c(=O)[nH]c1=O. The summed E-state index contributed by atoms with van der Waals surface area (Å²) in [6.07, 6.45) is 1.76. The van der Waals surface area contributed by atoms with Crippen LogP contribution in [0.25, 0.3) is 5.69 Å². The van der Waals surface area contributed by atoms with Gasteiger partial charge in [-0.3, -0.25) is 23.8 Å². The molecular formula is C22H27N5O4. The smallest absolute Gasteiger partial charge is 0.331 e. The molecule has 2 N–H and O–H groups in total. The number of aromatic nitrogens is 4. The average molecular weight is 425 g/mol. The summed E-state index contributed by atoms with van der Waals surface area (Å²) in [7, 11) is 1.75. The first-order chi connectivity index (χ1) is 14.8. The van der Waals surface area contributed by atoms with Crippen LogP contribution in [0.4, 0.5) is 5.69 Å². The van der Waals surface area contributed by atoms with Gasteiger partial charge in [0.2, 0.25) is 5.88 Å². The maximum absolute atomic E-state index is 13.2. The Morgan fingerprint density at radius 3 is 2.42 bits per heavy atom. The first kappa shape index (κ1) is 22.1. The van der Waals surface area contributed by atoms with Crippen molar-refractivity contribution in [1.82, 2.24) is 18.9 Å². The third kappa shape index (κ3) is 4.03. The van der Waals surface area contributed by atoms with Gasteiger partial charge in [0, 0.05) is 13.6 Å². The van der Waals surface area contributed by atoms with E-state index in [-0.39, 0.29) is 35.5 Å². The molecule has 0 saturated heterocycles. The summed E-state index contributed by atoms with van der Waals surface area (Å²) in [4.78, 5) is 44.6. The van der Waals surface area contributed by atoms with Gasteiger partial charge >= 0.3 is 5.69 Å². The fraction of sp³-hybridized carbons (Fsp3) is 0.364. The molecule has 31 heavy (non-hydrogen) atoms. The Bertz CT molecular complexity index is 1290. The first-order valence-electron chi connectivity index (χ1n) is 10.3. The van der Waals surface area contributed by atoms with E-state index in [0.717, 1.165) is 11.0 Å². The standard InChI is InChI=1S/C22H27N5O4/c1-5-7-13-26-20(29)17(19(28)24-22(26)31)16(6-2)23-18-14(3)25(4)27(21(18)30)15-11-9-8-10-12-15/h8-12,29H,5-7,13H2,1-4H3,(H,24,28,31). The normalized spacial score (nSPS) is 11.8. The van der Waals surface area contributed by atoms with Gasteiger partial charge in [0.05, 0.1) is 17.1 Å². The number of nitrogens with zero attached hydrogens (tertiary/aromatic N) is 4. The second kappa shape index (κ2) is 9.03. The van der Waals surface area contributed by atoms with E-state index >= 15 is 0 Å². The number of unbranched alkanes of at least 4 members (excludes halogenated alkanes) is 1. The van der Waals surface area contributed by atoms with Gasteiger partial charge in [-0.25, -0.2) is 14.5 Å². The fourth-order valence-electron chi connectivity index (χ4n) is 3.47. The van der Waals surface area contributed by atoms with Gasteiger partial charge in [0.15, 0.2) is 5.69 Å². The topological polar surface area (TPSA) is 114 Å². The summed E-state index contributed by atoms with van der Waals surface area (Å²) in [5, 5.41) is 10.7. The van der Waals surface area contributed by atoms with E-state index in [4.69, 9.17) is 0 Å². The molecule has 2 heterocycles. The van der Waals surface area contributed by atoms with Crippen LogP contribution in [0.2, 0.25) is 0 Å². The summed E-state index contributed by atoms with van der Waals surface area (Å²) in [6, 6.07) is 9.16. The van der Waals surface area contributed by atoms with Crippen LogP contribution < -0.4 is 16.8 Å². The van der Waals surface area contributed by atoms with E-state index in [1.165, 1.54) is 4.68 Å². The first-order valence-corrected chi connectivity index (χ1v) is 10.3. The number of benzene rings is 1. The molecule has 3 aromatic rings. The van der Waals surface area contributed by atoms with E-state index in [2.05, 4.69) is 9.98 Å². The lowest BCUT2D eigenvalue weighted by Gasteiger charge is -2.11. The number of nitrogens with one attached hydrogen (secondary N) is 1. The summed E-state index contributed by atoms with van der Waals surface area (Å²) in [5.74, 6) is -0.431. The zero-order valence-electron chi connectivity index (χ0n) is 18.2. The minimum absolute atomic E-state index is 0.0906. The zero-order valence-corrected chi connectivity index (χ0v) is 18.2. The van der Waals surface area contributed by atoms with Crippen molar-refractivity contribution in [1.29, 1.82) is 0 Å². The third-order valence-electron chi connectivity index (χ3n) is 5.30. The number of para-hydroxylation sites is 1. The number of aliphatic imine (C=N–C) groups is 1. The molecule has 0 fully saturated rings. The van der Waals surface area contributed by atoms with Crippen molar-refractivity contribution in [2.24, 2.45) is 12.0 Å². The molecule has 0 bridgehead atoms. The van der Waals surface area contributed by atoms with Gasteiger partial charge in [-0.1, -0.05) is 38.5 Å². The van der Waals surface area contributed by atoms with Gasteiger partial charge in [0.1, 0.15) is 5.56 Å². The molecule has 2 aromatic heterocycles. The van der Waals surface area contributed by atoms with Crippen molar-refractivity contribution in [3.63, 3.8) is 0 Å². The van der Waals surface area contributed by atoms with Crippen LogP contribution in [0.3, 0.4) is 0 Å². The van der Waals surface area contributed by atoms with Crippen LogP contribution >= 0.6 is 0 Å². The molecule has 9 heteroatoms. The molecular weight excluding hydrogens is 398 g/mol. The minimum Gasteiger partial charge on any atom is -0.494 e. The van der Waals surface area contributed by atoms with Gasteiger partial charge in [-0.15, -0.1) is 0 Å². The molecule has 9 nitrogen and oxygen atoms in total. The van der Waals surface area contributed by atoms with Crippen LogP contribution in [0.15, 0.2) is 49.7 Å². The van der Waals surface area contributed by atoms with Gasteiger partial charge < -0.3 is 5.11 Å². The van der Waals surface area contributed by atoms with Gasteiger partial charge in [0.25, 0.3) is 11.1 Å². The van der Waals surface area contributed by atoms with Crippen LogP contribution in [-0.2, 0) is 13.6 Å². The van der Waals surface area contributed by atoms with E-state index in [1.807, 2.05) is 37.3 Å². The largest absolute Gasteiger partial charge is 0.494 e. The predicted octanol–water partition coefficient (Wildman–Crippen LogP) is 2.37. The third-order valence-corrected chi connectivity index (χ3v) is 5.30. The fourth-order valence-corrected chi connectivity index (χ4v) is 3.47.